The Morgan fingerprint density at radius 1 is 1.53 bits per heavy atom. The van der Waals surface area contributed by atoms with Crippen molar-refractivity contribution >= 4 is 5.97 Å². The van der Waals surface area contributed by atoms with Crippen molar-refractivity contribution in [3.8, 4) is 11.8 Å². The lowest BCUT2D eigenvalue weighted by Crippen LogP contribution is -2.47. The quantitative estimate of drug-likeness (QED) is 0.876. The number of carbonyl (C=O) groups is 1. The highest BCUT2D eigenvalue weighted by atomic mass is 16.5. The molecule has 0 saturated heterocycles. The van der Waals surface area contributed by atoms with Gasteiger partial charge in [0, 0.05) is 12.1 Å². The predicted molar refractivity (Wildman–Crippen MR) is 70.9 cm³/mol. The minimum absolute atomic E-state index is 0.387. The van der Waals surface area contributed by atoms with E-state index in [0.717, 1.165) is 5.56 Å². The van der Waals surface area contributed by atoms with Crippen LogP contribution in [0.3, 0.4) is 0 Å². The summed E-state index contributed by atoms with van der Waals surface area (Å²) >= 11 is 0. The van der Waals surface area contributed by atoms with Gasteiger partial charge in [-0.3, -0.25) is 9.69 Å². The molecule has 0 spiro atoms. The summed E-state index contributed by atoms with van der Waals surface area (Å²) in [6.07, 6.45) is 0. The van der Waals surface area contributed by atoms with Crippen molar-refractivity contribution in [3.63, 3.8) is 0 Å². The van der Waals surface area contributed by atoms with E-state index >= 15 is 0 Å². The number of carboxylic acids is 1. The Hall–Kier alpha value is -2.06. The summed E-state index contributed by atoms with van der Waals surface area (Å²) in [7, 11) is 3.28. The van der Waals surface area contributed by atoms with Gasteiger partial charge < -0.3 is 9.84 Å². The van der Waals surface area contributed by atoms with Crippen molar-refractivity contribution in [1.82, 2.24) is 4.90 Å². The lowest BCUT2D eigenvalue weighted by Gasteiger charge is -2.31. The summed E-state index contributed by atoms with van der Waals surface area (Å²) in [6.45, 7) is 3.66. The average molecular weight is 262 g/mol. The number of hydrogen-bond acceptors (Lipinski definition) is 4. The van der Waals surface area contributed by atoms with E-state index in [1.807, 2.05) is 0 Å². The molecular weight excluding hydrogens is 244 g/mol. The number of benzene rings is 1. The first-order valence-electron chi connectivity index (χ1n) is 5.84. The SMILES string of the molecule is COc1ccc(C#N)cc1CN(C)C(C)(C)C(=O)O. The van der Waals surface area contributed by atoms with Crippen LogP contribution >= 0.6 is 0 Å². The summed E-state index contributed by atoms with van der Waals surface area (Å²) in [5, 5.41) is 18.1. The molecule has 5 heteroatoms. The van der Waals surface area contributed by atoms with Crippen LogP contribution in [0.2, 0.25) is 0 Å². The first kappa shape index (κ1) is 15.0. The van der Waals surface area contributed by atoms with Gasteiger partial charge in [0.25, 0.3) is 0 Å². The highest BCUT2D eigenvalue weighted by Crippen LogP contribution is 2.24. The van der Waals surface area contributed by atoms with Crippen LogP contribution in [-0.2, 0) is 11.3 Å². The molecular formula is C14H18N2O3. The molecule has 1 N–H and O–H groups in total. The fourth-order valence-electron chi connectivity index (χ4n) is 1.59. The van der Waals surface area contributed by atoms with Crippen LogP contribution in [-0.4, -0.2) is 35.7 Å². The molecule has 0 heterocycles. The molecule has 19 heavy (non-hydrogen) atoms. The van der Waals surface area contributed by atoms with Crippen molar-refractivity contribution in [1.29, 1.82) is 5.26 Å². The highest BCUT2D eigenvalue weighted by Gasteiger charge is 2.32. The van der Waals surface area contributed by atoms with Gasteiger partial charge in [-0.05, 0) is 39.1 Å². The third-order valence-corrected chi connectivity index (χ3v) is 3.29. The lowest BCUT2D eigenvalue weighted by atomic mass is 10.0. The summed E-state index contributed by atoms with van der Waals surface area (Å²) in [5.74, 6) is -0.252. The van der Waals surface area contributed by atoms with E-state index < -0.39 is 11.5 Å². The fourth-order valence-corrected chi connectivity index (χ4v) is 1.59. The Labute approximate surface area is 113 Å². The molecule has 0 unspecified atom stereocenters. The molecule has 1 aromatic carbocycles. The second-order valence-electron chi connectivity index (χ2n) is 4.86. The molecule has 0 aliphatic carbocycles. The second-order valence-corrected chi connectivity index (χ2v) is 4.86. The van der Waals surface area contributed by atoms with Gasteiger partial charge in [0.1, 0.15) is 11.3 Å². The smallest absolute Gasteiger partial charge is 0.323 e. The molecule has 102 valence electrons. The number of aliphatic carboxylic acids is 1. The van der Waals surface area contributed by atoms with E-state index in [2.05, 4.69) is 6.07 Å². The highest BCUT2D eigenvalue weighted by molar-refractivity contribution is 5.77. The lowest BCUT2D eigenvalue weighted by molar-refractivity contribution is -0.148. The number of hydrogen-bond donors (Lipinski definition) is 1. The van der Waals surface area contributed by atoms with Gasteiger partial charge in [-0.15, -0.1) is 0 Å². The van der Waals surface area contributed by atoms with Gasteiger partial charge in [0.2, 0.25) is 0 Å². The molecule has 0 radical (unpaired) electrons. The van der Waals surface area contributed by atoms with Crippen LogP contribution in [0.25, 0.3) is 0 Å². The zero-order valence-corrected chi connectivity index (χ0v) is 11.6. The normalized spacial score (nSPS) is 11.2. The molecule has 0 amide bonds. The first-order valence-corrected chi connectivity index (χ1v) is 5.84. The third kappa shape index (κ3) is 3.24. The van der Waals surface area contributed by atoms with E-state index in [1.54, 1.807) is 51.1 Å². The molecule has 0 saturated carbocycles. The number of methoxy groups -OCH3 is 1. The fraction of sp³-hybridized carbons (Fsp3) is 0.429. The van der Waals surface area contributed by atoms with Gasteiger partial charge in [-0.1, -0.05) is 0 Å². The Kier molecular flexibility index (Phi) is 4.52. The number of ether oxygens (including phenoxy) is 1. The van der Waals surface area contributed by atoms with Crippen LogP contribution < -0.4 is 4.74 Å². The van der Waals surface area contributed by atoms with E-state index in [-0.39, 0.29) is 0 Å². The summed E-state index contributed by atoms with van der Waals surface area (Å²) in [6, 6.07) is 7.17. The van der Waals surface area contributed by atoms with E-state index in [0.29, 0.717) is 17.9 Å². The summed E-state index contributed by atoms with van der Waals surface area (Å²) in [4.78, 5) is 12.9. The summed E-state index contributed by atoms with van der Waals surface area (Å²) < 4.78 is 5.24. The van der Waals surface area contributed by atoms with Crippen molar-refractivity contribution in [3.05, 3.63) is 29.3 Å². The topological polar surface area (TPSA) is 73.6 Å². The monoisotopic (exact) mass is 262 g/mol. The first-order chi connectivity index (χ1) is 8.82. The van der Waals surface area contributed by atoms with Crippen LogP contribution in [0.5, 0.6) is 5.75 Å². The maximum Gasteiger partial charge on any atom is 0.323 e. The Morgan fingerprint density at radius 2 is 2.16 bits per heavy atom. The molecule has 1 rings (SSSR count). The Balaban J connectivity index is 3.05. The Bertz CT molecular complexity index is 518. The number of nitrogens with zero attached hydrogens (tertiary/aromatic N) is 2. The standard InChI is InChI=1S/C14H18N2O3/c1-14(2,13(17)18)16(3)9-11-7-10(8-15)5-6-12(11)19-4/h5-7H,9H2,1-4H3,(H,17,18). The van der Waals surface area contributed by atoms with Crippen molar-refractivity contribution in [2.24, 2.45) is 0 Å². The number of nitriles is 1. The van der Waals surface area contributed by atoms with Crippen molar-refractivity contribution in [2.75, 3.05) is 14.2 Å². The molecule has 0 aliphatic rings. The molecule has 0 bridgehead atoms. The van der Waals surface area contributed by atoms with Gasteiger partial charge in [0.15, 0.2) is 0 Å². The van der Waals surface area contributed by atoms with E-state index in [1.165, 1.54) is 0 Å². The second kappa shape index (κ2) is 5.72. The van der Waals surface area contributed by atoms with Gasteiger partial charge in [0.05, 0.1) is 18.7 Å². The van der Waals surface area contributed by atoms with Gasteiger partial charge in [-0.2, -0.15) is 5.26 Å². The maximum absolute atomic E-state index is 11.2. The van der Waals surface area contributed by atoms with Crippen LogP contribution in [0.1, 0.15) is 25.0 Å². The zero-order chi connectivity index (χ0) is 14.6. The van der Waals surface area contributed by atoms with E-state index in [9.17, 15) is 9.90 Å². The van der Waals surface area contributed by atoms with Crippen molar-refractivity contribution in [2.45, 2.75) is 25.9 Å². The van der Waals surface area contributed by atoms with Gasteiger partial charge >= 0.3 is 5.97 Å². The largest absolute Gasteiger partial charge is 0.496 e. The Morgan fingerprint density at radius 3 is 2.63 bits per heavy atom. The number of carboxylic acid groups (broad SMARTS) is 1. The minimum Gasteiger partial charge on any atom is -0.496 e. The molecule has 0 aliphatic heterocycles. The molecule has 5 nitrogen and oxygen atoms in total. The van der Waals surface area contributed by atoms with E-state index in [4.69, 9.17) is 10.00 Å². The zero-order valence-electron chi connectivity index (χ0n) is 11.6. The number of likely N-dealkylation sites (N-methyl/N-ethyl adjacent to an activating group) is 1. The minimum atomic E-state index is -0.992. The van der Waals surface area contributed by atoms with Crippen molar-refractivity contribution < 1.29 is 14.6 Å². The molecule has 1 aromatic rings. The van der Waals surface area contributed by atoms with Crippen LogP contribution in [0.15, 0.2) is 18.2 Å². The molecule has 0 atom stereocenters. The molecule has 0 aromatic heterocycles. The van der Waals surface area contributed by atoms with Gasteiger partial charge in [-0.25, -0.2) is 0 Å². The van der Waals surface area contributed by atoms with Crippen LogP contribution in [0, 0.1) is 11.3 Å². The third-order valence-electron chi connectivity index (χ3n) is 3.29. The summed E-state index contributed by atoms with van der Waals surface area (Å²) in [5.41, 5.74) is 0.323. The predicted octanol–water partition coefficient (Wildman–Crippen LogP) is 1.86. The maximum atomic E-state index is 11.2. The van der Waals surface area contributed by atoms with Crippen LogP contribution in [0.4, 0.5) is 0 Å². The molecule has 0 fully saturated rings. The number of rotatable bonds is 5. The average Bonchev–Trinajstić information content (AvgIpc) is 2.38.